The first-order chi connectivity index (χ1) is 12.2. The maximum atomic E-state index is 12.0. The summed E-state index contributed by atoms with van der Waals surface area (Å²) in [6.07, 6.45) is 2.21. The molecule has 0 radical (unpaired) electrons. The summed E-state index contributed by atoms with van der Waals surface area (Å²) in [4.78, 5) is 12.0. The van der Waals surface area contributed by atoms with Crippen LogP contribution in [0.1, 0.15) is 36.8 Å². The van der Waals surface area contributed by atoms with Crippen LogP contribution in [0.15, 0.2) is 48.5 Å². The first-order valence-corrected chi connectivity index (χ1v) is 8.92. The molecule has 1 aliphatic rings. The van der Waals surface area contributed by atoms with Gasteiger partial charge in [-0.1, -0.05) is 43.3 Å². The van der Waals surface area contributed by atoms with Gasteiger partial charge < -0.3 is 14.8 Å². The Kier molecular flexibility index (Phi) is 5.94. The average Bonchev–Trinajstić information content (AvgIpc) is 2.66. The van der Waals surface area contributed by atoms with Crippen LogP contribution in [0, 0.1) is 0 Å². The number of benzene rings is 2. The molecule has 4 nitrogen and oxygen atoms in total. The number of aryl methyl sites for hydroxylation is 1. The third-order valence-electron chi connectivity index (χ3n) is 4.52. The van der Waals surface area contributed by atoms with Gasteiger partial charge in [0.1, 0.15) is 13.2 Å². The Morgan fingerprint density at radius 2 is 1.84 bits per heavy atom. The van der Waals surface area contributed by atoms with Crippen molar-refractivity contribution in [2.45, 2.75) is 32.1 Å². The number of amides is 1. The number of hydrogen-bond donors (Lipinski definition) is 1. The highest BCUT2D eigenvalue weighted by Gasteiger charge is 2.14. The minimum Gasteiger partial charge on any atom is -0.486 e. The minimum atomic E-state index is 0.109. The van der Waals surface area contributed by atoms with Gasteiger partial charge in [0.2, 0.25) is 5.91 Å². The quantitative estimate of drug-likeness (QED) is 0.837. The molecule has 0 saturated heterocycles. The van der Waals surface area contributed by atoms with E-state index in [0.29, 0.717) is 32.1 Å². The Morgan fingerprint density at radius 3 is 2.64 bits per heavy atom. The molecule has 1 heterocycles. The van der Waals surface area contributed by atoms with E-state index in [-0.39, 0.29) is 5.91 Å². The van der Waals surface area contributed by atoms with Crippen LogP contribution < -0.4 is 14.8 Å². The first kappa shape index (κ1) is 17.3. The zero-order valence-corrected chi connectivity index (χ0v) is 14.7. The molecule has 25 heavy (non-hydrogen) atoms. The van der Waals surface area contributed by atoms with Crippen molar-refractivity contribution in [1.82, 2.24) is 5.32 Å². The number of ether oxygens (including phenoxy) is 2. The van der Waals surface area contributed by atoms with E-state index in [0.717, 1.165) is 24.3 Å². The molecule has 1 aliphatic heterocycles. The van der Waals surface area contributed by atoms with Crippen molar-refractivity contribution in [1.29, 1.82) is 0 Å². The van der Waals surface area contributed by atoms with Crippen LogP contribution in [0.3, 0.4) is 0 Å². The molecule has 0 aromatic heterocycles. The van der Waals surface area contributed by atoms with Crippen molar-refractivity contribution in [3.05, 3.63) is 59.7 Å². The second-order valence-electron chi connectivity index (χ2n) is 6.43. The summed E-state index contributed by atoms with van der Waals surface area (Å²) in [6, 6.07) is 16.2. The highest BCUT2D eigenvalue weighted by Crippen LogP contribution is 2.33. The van der Waals surface area contributed by atoms with Gasteiger partial charge in [-0.3, -0.25) is 4.79 Å². The Hall–Kier alpha value is -2.49. The number of nitrogens with one attached hydrogen (secondary N) is 1. The predicted octanol–water partition coefficient (Wildman–Crippen LogP) is 3.70. The molecule has 132 valence electrons. The van der Waals surface area contributed by atoms with Gasteiger partial charge >= 0.3 is 0 Å². The van der Waals surface area contributed by atoms with Crippen molar-refractivity contribution in [2.24, 2.45) is 0 Å². The van der Waals surface area contributed by atoms with E-state index in [1.807, 2.05) is 24.3 Å². The molecule has 1 amide bonds. The second kappa shape index (κ2) is 8.56. The lowest BCUT2D eigenvalue weighted by atomic mass is 9.97. The monoisotopic (exact) mass is 339 g/mol. The molecule has 0 fully saturated rings. The van der Waals surface area contributed by atoms with Crippen LogP contribution in [0.5, 0.6) is 11.5 Å². The van der Waals surface area contributed by atoms with Crippen LogP contribution in [-0.2, 0) is 11.2 Å². The van der Waals surface area contributed by atoms with E-state index in [1.54, 1.807) is 0 Å². The SMILES string of the molecule is CC(CCNC(=O)CCc1ccccc1)c1ccc2c(c1)OCCO2. The van der Waals surface area contributed by atoms with E-state index < -0.39 is 0 Å². The molecule has 0 saturated carbocycles. The zero-order chi connectivity index (χ0) is 17.5. The van der Waals surface area contributed by atoms with Gasteiger partial charge in [-0.25, -0.2) is 0 Å². The third-order valence-corrected chi connectivity index (χ3v) is 4.52. The molecule has 3 rings (SSSR count). The lowest BCUT2D eigenvalue weighted by molar-refractivity contribution is -0.121. The number of hydrogen-bond acceptors (Lipinski definition) is 3. The predicted molar refractivity (Wildman–Crippen MR) is 98.2 cm³/mol. The Morgan fingerprint density at radius 1 is 1.08 bits per heavy atom. The number of carbonyl (C=O) groups excluding carboxylic acids is 1. The molecule has 1 unspecified atom stereocenters. The van der Waals surface area contributed by atoms with Crippen LogP contribution in [0.2, 0.25) is 0 Å². The van der Waals surface area contributed by atoms with E-state index in [1.165, 1.54) is 11.1 Å². The topological polar surface area (TPSA) is 47.6 Å². The van der Waals surface area contributed by atoms with Crippen LogP contribution >= 0.6 is 0 Å². The molecule has 2 aromatic rings. The standard InChI is InChI=1S/C21H25NO3/c1-16(18-8-9-19-20(15-18)25-14-13-24-19)11-12-22-21(23)10-7-17-5-3-2-4-6-17/h2-6,8-9,15-16H,7,10-14H2,1H3,(H,22,23). The summed E-state index contributed by atoms with van der Waals surface area (Å²) in [6.45, 7) is 4.06. The van der Waals surface area contributed by atoms with Crippen molar-refractivity contribution in [3.63, 3.8) is 0 Å². The maximum Gasteiger partial charge on any atom is 0.220 e. The Bertz CT molecular complexity index is 700. The molecule has 1 N–H and O–H groups in total. The molecule has 0 bridgehead atoms. The van der Waals surface area contributed by atoms with Crippen molar-refractivity contribution in [2.75, 3.05) is 19.8 Å². The minimum absolute atomic E-state index is 0.109. The average molecular weight is 339 g/mol. The zero-order valence-electron chi connectivity index (χ0n) is 14.7. The van der Waals surface area contributed by atoms with Crippen LogP contribution in [0.25, 0.3) is 0 Å². The van der Waals surface area contributed by atoms with Gasteiger partial charge in [-0.05, 0) is 42.0 Å². The molecular weight excluding hydrogens is 314 g/mol. The number of fused-ring (bicyclic) bond motifs is 1. The maximum absolute atomic E-state index is 12.0. The number of carbonyl (C=O) groups is 1. The summed E-state index contributed by atoms with van der Waals surface area (Å²) < 4.78 is 11.2. The van der Waals surface area contributed by atoms with Gasteiger partial charge in [0, 0.05) is 13.0 Å². The molecule has 0 spiro atoms. The summed E-state index contributed by atoms with van der Waals surface area (Å²) in [5.41, 5.74) is 2.41. The van der Waals surface area contributed by atoms with Crippen molar-refractivity contribution in [3.8, 4) is 11.5 Å². The normalized spacial score (nSPS) is 14.0. The molecule has 2 aromatic carbocycles. The summed E-state index contributed by atoms with van der Waals surface area (Å²) in [7, 11) is 0. The van der Waals surface area contributed by atoms with Gasteiger partial charge in [0.05, 0.1) is 0 Å². The van der Waals surface area contributed by atoms with Gasteiger partial charge in [-0.2, -0.15) is 0 Å². The smallest absolute Gasteiger partial charge is 0.220 e. The van der Waals surface area contributed by atoms with E-state index in [4.69, 9.17) is 9.47 Å². The van der Waals surface area contributed by atoms with Gasteiger partial charge in [0.15, 0.2) is 11.5 Å². The van der Waals surface area contributed by atoms with Crippen LogP contribution in [-0.4, -0.2) is 25.7 Å². The molecule has 1 atom stereocenters. The Balaban J connectivity index is 1.41. The molecular formula is C21H25NO3. The summed E-state index contributed by atoms with van der Waals surface area (Å²) in [5.74, 6) is 2.10. The lowest BCUT2D eigenvalue weighted by Crippen LogP contribution is -2.25. The fourth-order valence-electron chi connectivity index (χ4n) is 2.95. The first-order valence-electron chi connectivity index (χ1n) is 8.92. The highest BCUT2D eigenvalue weighted by molar-refractivity contribution is 5.76. The Labute approximate surface area is 149 Å². The highest BCUT2D eigenvalue weighted by atomic mass is 16.6. The number of rotatable bonds is 7. The lowest BCUT2D eigenvalue weighted by Gasteiger charge is -2.20. The molecule has 4 heteroatoms. The fraction of sp³-hybridized carbons (Fsp3) is 0.381. The van der Waals surface area contributed by atoms with E-state index in [9.17, 15) is 4.79 Å². The summed E-state index contributed by atoms with van der Waals surface area (Å²) in [5, 5.41) is 3.02. The van der Waals surface area contributed by atoms with Gasteiger partial charge in [0.25, 0.3) is 0 Å². The van der Waals surface area contributed by atoms with Crippen LogP contribution in [0.4, 0.5) is 0 Å². The van der Waals surface area contributed by atoms with Gasteiger partial charge in [-0.15, -0.1) is 0 Å². The largest absolute Gasteiger partial charge is 0.486 e. The molecule has 0 aliphatic carbocycles. The van der Waals surface area contributed by atoms with E-state index in [2.05, 4.69) is 36.5 Å². The second-order valence-corrected chi connectivity index (χ2v) is 6.43. The van der Waals surface area contributed by atoms with Crippen molar-refractivity contribution < 1.29 is 14.3 Å². The fourth-order valence-corrected chi connectivity index (χ4v) is 2.95. The van der Waals surface area contributed by atoms with Crippen molar-refractivity contribution >= 4 is 5.91 Å². The summed E-state index contributed by atoms with van der Waals surface area (Å²) >= 11 is 0. The van der Waals surface area contributed by atoms with E-state index >= 15 is 0 Å². The third kappa shape index (κ3) is 4.99.